The number of rotatable bonds is 8. The van der Waals surface area contributed by atoms with Crippen LogP contribution in [0.4, 0.5) is 0 Å². The molecule has 1 saturated heterocycles. The van der Waals surface area contributed by atoms with E-state index in [1.165, 1.54) is 12.8 Å². The van der Waals surface area contributed by atoms with Crippen LogP contribution in [-0.2, 0) is 9.47 Å². The van der Waals surface area contributed by atoms with E-state index in [2.05, 4.69) is 26.1 Å². The zero-order valence-electron chi connectivity index (χ0n) is 11.9. The van der Waals surface area contributed by atoms with Gasteiger partial charge in [0.1, 0.15) is 0 Å². The molecule has 0 radical (unpaired) electrons. The Hall–Kier alpha value is -0.120. The number of nitrogens with one attached hydrogen (secondary N) is 1. The predicted octanol–water partition coefficient (Wildman–Crippen LogP) is 2.45. The Kier molecular flexibility index (Phi) is 7.09. The van der Waals surface area contributed by atoms with Crippen molar-refractivity contribution in [2.75, 3.05) is 26.9 Å². The van der Waals surface area contributed by atoms with Crippen LogP contribution < -0.4 is 5.32 Å². The van der Waals surface area contributed by atoms with Crippen LogP contribution in [0.3, 0.4) is 0 Å². The van der Waals surface area contributed by atoms with Crippen molar-refractivity contribution in [3.05, 3.63) is 0 Å². The maximum atomic E-state index is 5.71. The fourth-order valence-corrected chi connectivity index (χ4v) is 2.79. The Balaban J connectivity index is 2.51. The van der Waals surface area contributed by atoms with Crippen molar-refractivity contribution in [3.8, 4) is 0 Å². The van der Waals surface area contributed by atoms with Gasteiger partial charge in [-0.1, -0.05) is 13.8 Å². The summed E-state index contributed by atoms with van der Waals surface area (Å²) in [6.07, 6.45) is 3.91. The summed E-state index contributed by atoms with van der Waals surface area (Å²) in [6.45, 7) is 9.64. The number of hydrogen-bond donors (Lipinski definition) is 1. The quantitative estimate of drug-likeness (QED) is 0.710. The second-order valence-corrected chi connectivity index (χ2v) is 5.27. The SMILES string of the molecule is CCCNC(C(C)CCOC)C1CCOC1C. The third kappa shape index (κ3) is 4.57. The minimum Gasteiger partial charge on any atom is -0.385 e. The molecule has 3 heteroatoms. The van der Waals surface area contributed by atoms with Gasteiger partial charge in [-0.15, -0.1) is 0 Å². The molecule has 1 fully saturated rings. The zero-order chi connectivity index (χ0) is 12.7. The van der Waals surface area contributed by atoms with E-state index in [-0.39, 0.29) is 0 Å². The van der Waals surface area contributed by atoms with Gasteiger partial charge in [-0.25, -0.2) is 0 Å². The summed E-state index contributed by atoms with van der Waals surface area (Å²) in [4.78, 5) is 0. The van der Waals surface area contributed by atoms with Crippen molar-refractivity contribution in [1.82, 2.24) is 5.32 Å². The first kappa shape index (κ1) is 14.9. The molecule has 0 bridgehead atoms. The highest BCUT2D eigenvalue weighted by Crippen LogP contribution is 2.29. The molecule has 3 nitrogen and oxygen atoms in total. The van der Waals surface area contributed by atoms with Gasteiger partial charge in [0, 0.05) is 32.3 Å². The average molecular weight is 243 g/mol. The molecular weight excluding hydrogens is 214 g/mol. The molecule has 0 aromatic carbocycles. The van der Waals surface area contributed by atoms with Crippen LogP contribution in [0, 0.1) is 11.8 Å². The van der Waals surface area contributed by atoms with Crippen LogP contribution in [0.5, 0.6) is 0 Å². The summed E-state index contributed by atoms with van der Waals surface area (Å²) >= 11 is 0. The van der Waals surface area contributed by atoms with E-state index in [1.54, 1.807) is 7.11 Å². The average Bonchev–Trinajstić information content (AvgIpc) is 2.73. The minimum atomic E-state index is 0.398. The highest BCUT2D eigenvalue weighted by Gasteiger charge is 2.34. The Labute approximate surface area is 106 Å². The summed E-state index contributed by atoms with van der Waals surface area (Å²) in [6, 6.07) is 0.572. The fraction of sp³-hybridized carbons (Fsp3) is 1.00. The first-order valence-electron chi connectivity index (χ1n) is 7.04. The van der Waals surface area contributed by atoms with E-state index in [4.69, 9.17) is 9.47 Å². The van der Waals surface area contributed by atoms with Crippen LogP contribution in [0.2, 0.25) is 0 Å². The molecule has 17 heavy (non-hydrogen) atoms. The van der Waals surface area contributed by atoms with Gasteiger partial charge in [-0.2, -0.15) is 0 Å². The second kappa shape index (κ2) is 8.06. The molecule has 1 N–H and O–H groups in total. The van der Waals surface area contributed by atoms with Crippen LogP contribution in [0.15, 0.2) is 0 Å². The predicted molar refractivity (Wildman–Crippen MR) is 71.3 cm³/mol. The molecular formula is C14H29NO2. The van der Waals surface area contributed by atoms with Crippen molar-refractivity contribution < 1.29 is 9.47 Å². The monoisotopic (exact) mass is 243 g/mol. The number of ether oxygens (including phenoxy) is 2. The van der Waals surface area contributed by atoms with E-state index in [1.807, 2.05) is 0 Å². The summed E-state index contributed by atoms with van der Waals surface area (Å²) in [5.74, 6) is 1.31. The molecule has 102 valence electrons. The van der Waals surface area contributed by atoms with E-state index in [0.717, 1.165) is 26.2 Å². The van der Waals surface area contributed by atoms with E-state index >= 15 is 0 Å². The van der Waals surface area contributed by atoms with Crippen molar-refractivity contribution >= 4 is 0 Å². The molecule has 0 spiro atoms. The molecule has 1 aliphatic heterocycles. The molecule has 1 heterocycles. The Morgan fingerprint density at radius 1 is 1.47 bits per heavy atom. The normalized spacial score (nSPS) is 28.2. The summed E-state index contributed by atoms with van der Waals surface area (Å²) < 4.78 is 10.9. The van der Waals surface area contributed by atoms with Crippen molar-refractivity contribution in [2.45, 2.75) is 52.2 Å². The highest BCUT2D eigenvalue weighted by molar-refractivity contribution is 4.87. The van der Waals surface area contributed by atoms with Gasteiger partial charge in [-0.05, 0) is 38.6 Å². The standard InChI is InChI=1S/C14H29NO2/c1-5-8-15-14(11(2)6-9-16-4)13-7-10-17-12(13)3/h11-15H,5-10H2,1-4H3. The van der Waals surface area contributed by atoms with Gasteiger partial charge < -0.3 is 14.8 Å². The lowest BCUT2D eigenvalue weighted by Gasteiger charge is -2.32. The van der Waals surface area contributed by atoms with Crippen LogP contribution in [0.1, 0.15) is 40.0 Å². The fourth-order valence-electron chi connectivity index (χ4n) is 2.79. The molecule has 4 unspecified atom stereocenters. The molecule has 0 amide bonds. The largest absolute Gasteiger partial charge is 0.385 e. The number of hydrogen-bond acceptors (Lipinski definition) is 3. The first-order valence-corrected chi connectivity index (χ1v) is 7.04. The van der Waals surface area contributed by atoms with Crippen molar-refractivity contribution in [1.29, 1.82) is 0 Å². The van der Waals surface area contributed by atoms with Gasteiger partial charge in [0.05, 0.1) is 6.10 Å². The second-order valence-electron chi connectivity index (χ2n) is 5.27. The van der Waals surface area contributed by atoms with Crippen molar-refractivity contribution in [3.63, 3.8) is 0 Å². The lowest BCUT2D eigenvalue weighted by Crippen LogP contribution is -2.44. The lowest BCUT2D eigenvalue weighted by atomic mass is 9.83. The van der Waals surface area contributed by atoms with Gasteiger partial charge in [0.15, 0.2) is 0 Å². The summed E-state index contributed by atoms with van der Waals surface area (Å²) in [7, 11) is 1.78. The molecule has 0 saturated carbocycles. The van der Waals surface area contributed by atoms with E-state index < -0.39 is 0 Å². The smallest absolute Gasteiger partial charge is 0.0590 e. The van der Waals surface area contributed by atoms with E-state index in [9.17, 15) is 0 Å². The number of methoxy groups -OCH3 is 1. The maximum Gasteiger partial charge on any atom is 0.0590 e. The minimum absolute atomic E-state index is 0.398. The summed E-state index contributed by atoms with van der Waals surface area (Å²) in [5.41, 5.74) is 0. The maximum absolute atomic E-state index is 5.71. The first-order chi connectivity index (χ1) is 8.20. The topological polar surface area (TPSA) is 30.5 Å². The lowest BCUT2D eigenvalue weighted by molar-refractivity contribution is 0.0825. The molecule has 1 rings (SSSR count). The van der Waals surface area contributed by atoms with Crippen LogP contribution >= 0.6 is 0 Å². The van der Waals surface area contributed by atoms with Gasteiger partial charge in [0.2, 0.25) is 0 Å². The van der Waals surface area contributed by atoms with Crippen LogP contribution in [-0.4, -0.2) is 39.0 Å². The van der Waals surface area contributed by atoms with Crippen molar-refractivity contribution in [2.24, 2.45) is 11.8 Å². The molecule has 4 atom stereocenters. The Morgan fingerprint density at radius 2 is 2.24 bits per heavy atom. The Morgan fingerprint density at radius 3 is 2.76 bits per heavy atom. The molecule has 0 aromatic rings. The Bertz CT molecular complexity index is 199. The van der Waals surface area contributed by atoms with Gasteiger partial charge in [-0.3, -0.25) is 0 Å². The third-order valence-corrected chi connectivity index (χ3v) is 3.92. The highest BCUT2D eigenvalue weighted by atomic mass is 16.5. The van der Waals surface area contributed by atoms with Gasteiger partial charge >= 0.3 is 0 Å². The molecule has 0 aromatic heterocycles. The van der Waals surface area contributed by atoms with Crippen LogP contribution in [0.25, 0.3) is 0 Å². The molecule has 1 aliphatic rings. The van der Waals surface area contributed by atoms with E-state index in [0.29, 0.717) is 24.0 Å². The summed E-state index contributed by atoms with van der Waals surface area (Å²) in [5, 5.41) is 3.71. The zero-order valence-corrected chi connectivity index (χ0v) is 11.9. The third-order valence-electron chi connectivity index (χ3n) is 3.92. The van der Waals surface area contributed by atoms with Gasteiger partial charge in [0.25, 0.3) is 0 Å². The molecule has 0 aliphatic carbocycles.